The third-order valence-corrected chi connectivity index (χ3v) is 5.05. The Labute approximate surface area is 151 Å². The Hall–Kier alpha value is -2.04. The lowest BCUT2D eigenvalue weighted by molar-refractivity contribution is 0.248. The highest BCUT2D eigenvalue weighted by molar-refractivity contribution is 5.30. The predicted octanol–water partition coefficient (Wildman–Crippen LogP) is 3.17. The van der Waals surface area contributed by atoms with Crippen LogP contribution in [0.15, 0.2) is 48.5 Å². The summed E-state index contributed by atoms with van der Waals surface area (Å²) < 4.78 is 10.4. The molecular weight excluding hydrogens is 312 g/mol. The zero-order valence-electron chi connectivity index (χ0n) is 15.7. The molecule has 0 bridgehead atoms. The average molecular weight is 342 g/mol. The van der Waals surface area contributed by atoms with Crippen LogP contribution in [0.5, 0.6) is 11.5 Å². The van der Waals surface area contributed by atoms with Gasteiger partial charge in [-0.2, -0.15) is 0 Å². The molecule has 0 heterocycles. The third kappa shape index (κ3) is 4.74. The maximum Gasteiger partial charge on any atom is 0.118 e. The molecule has 136 valence electrons. The Morgan fingerprint density at radius 3 is 1.68 bits per heavy atom. The summed E-state index contributed by atoms with van der Waals surface area (Å²) in [4.78, 5) is 0. The van der Waals surface area contributed by atoms with E-state index in [1.165, 1.54) is 11.1 Å². The maximum atomic E-state index is 6.81. The first-order chi connectivity index (χ1) is 11.9. The maximum absolute atomic E-state index is 6.81. The fourth-order valence-corrected chi connectivity index (χ4v) is 3.07. The van der Waals surface area contributed by atoms with Crippen molar-refractivity contribution >= 4 is 0 Å². The first kappa shape index (κ1) is 19.3. The van der Waals surface area contributed by atoms with Crippen molar-refractivity contribution in [2.24, 2.45) is 17.4 Å². The molecule has 0 saturated heterocycles. The molecule has 4 heteroatoms. The van der Waals surface area contributed by atoms with E-state index in [0.717, 1.165) is 24.3 Å². The second-order valence-electron chi connectivity index (χ2n) is 6.95. The molecule has 0 aliphatic rings. The minimum Gasteiger partial charge on any atom is -0.497 e. The normalized spacial score (nSPS) is 14.8. The van der Waals surface area contributed by atoms with E-state index in [-0.39, 0.29) is 12.0 Å². The monoisotopic (exact) mass is 342 g/mol. The summed E-state index contributed by atoms with van der Waals surface area (Å²) in [5.74, 6) is 1.94. The smallest absolute Gasteiger partial charge is 0.118 e. The molecule has 2 rings (SSSR count). The standard InChI is InChI=1S/C21H30N2O2/c1-15(2)21(23,14-17-7-11-19(25-4)12-8-17)20(22)13-16-5-9-18(24-3)10-6-16/h5-12,15,20H,13-14,22-23H2,1-4H3. The summed E-state index contributed by atoms with van der Waals surface area (Å²) in [5.41, 5.74) is 15.2. The van der Waals surface area contributed by atoms with E-state index in [1.54, 1.807) is 14.2 Å². The molecule has 0 aliphatic heterocycles. The minimum atomic E-state index is -0.492. The van der Waals surface area contributed by atoms with E-state index in [2.05, 4.69) is 26.0 Å². The van der Waals surface area contributed by atoms with Gasteiger partial charge in [0.25, 0.3) is 0 Å². The number of benzene rings is 2. The van der Waals surface area contributed by atoms with Crippen LogP contribution in [0.2, 0.25) is 0 Å². The van der Waals surface area contributed by atoms with Crippen molar-refractivity contribution in [1.82, 2.24) is 0 Å². The Morgan fingerprint density at radius 2 is 1.28 bits per heavy atom. The number of nitrogens with two attached hydrogens (primary N) is 2. The van der Waals surface area contributed by atoms with Gasteiger partial charge in [0.05, 0.1) is 14.2 Å². The summed E-state index contributed by atoms with van der Waals surface area (Å²) in [6.07, 6.45) is 1.46. The van der Waals surface area contributed by atoms with Gasteiger partial charge in [-0.25, -0.2) is 0 Å². The van der Waals surface area contributed by atoms with Crippen LogP contribution in [0.4, 0.5) is 0 Å². The molecule has 4 N–H and O–H groups in total. The van der Waals surface area contributed by atoms with Gasteiger partial charge < -0.3 is 20.9 Å². The molecule has 25 heavy (non-hydrogen) atoms. The van der Waals surface area contributed by atoms with E-state index in [0.29, 0.717) is 0 Å². The first-order valence-corrected chi connectivity index (χ1v) is 8.69. The van der Waals surface area contributed by atoms with E-state index >= 15 is 0 Å². The van der Waals surface area contributed by atoms with Crippen molar-refractivity contribution in [2.75, 3.05) is 14.2 Å². The van der Waals surface area contributed by atoms with Gasteiger partial charge in [-0.15, -0.1) is 0 Å². The van der Waals surface area contributed by atoms with Crippen LogP contribution in [0.1, 0.15) is 25.0 Å². The molecule has 2 aromatic rings. The Bertz CT molecular complexity index is 653. The molecule has 0 radical (unpaired) electrons. The fraction of sp³-hybridized carbons (Fsp3) is 0.429. The minimum absolute atomic E-state index is 0.150. The Balaban J connectivity index is 2.15. The average Bonchev–Trinajstić information content (AvgIpc) is 2.62. The summed E-state index contributed by atoms with van der Waals surface area (Å²) in [6.45, 7) is 4.27. The van der Waals surface area contributed by atoms with Gasteiger partial charge in [-0.1, -0.05) is 38.1 Å². The molecule has 0 fully saturated rings. The van der Waals surface area contributed by atoms with Crippen LogP contribution in [-0.2, 0) is 12.8 Å². The summed E-state index contributed by atoms with van der Waals surface area (Å²) >= 11 is 0. The van der Waals surface area contributed by atoms with Crippen LogP contribution < -0.4 is 20.9 Å². The Kier molecular flexibility index (Phi) is 6.45. The quantitative estimate of drug-likeness (QED) is 0.773. The number of hydrogen-bond donors (Lipinski definition) is 2. The second kappa shape index (κ2) is 8.37. The molecule has 2 unspecified atom stereocenters. The molecule has 0 saturated carbocycles. The number of ether oxygens (including phenoxy) is 2. The van der Waals surface area contributed by atoms with E-state index in [9.17, 15) is 0 Å². The number of hydrogen-bond acceptors (Lipinski definition) is 4. The van der Waals surface area contributed by atoms with E-state index < -0.39 is 5.54 Å². The highest BCUT2D eigenvalue weighted by Crippen LogP contribution is 2.26. The molecule has 0 spiro atoms. The summed E-state index contributed by atoms with van der Waals surface area (Å²) in [5, 5.41) is 0. The van der Waals surface area contributed by atoms with Crippen molar-refractivity contribution in [1.29, 1.82) is 0 Å². The van der Waals surface area contributed by atoms with Crippen molar-refractivity contribution in [2.45, 2.75) is 38.3 Å². The molecule has 0 aromatic heterocycles. The first-order valence-electron chi connectivity index (χ1n) is 8.69. The zero-order valence-corrected chi connectivity index (χ0v) is 15.7. The summed E-state index contributed by atoms with van der Waals surface area (Å²) in [6, 6.07) is 15.9. The molecule has 0 aliphatic carbocycles. The third-order valence-electron chi connectivity index (χ3n) is 5.05. The highest BCUT2D eigenvalue weighted by Gasteiger charge is 2.36. The SMILES string of the molecule is COc1ccc(CC(N)C(N)(Cc2ccc(OC)cc2)C(C)C)cc1. The van der Waals surface area contributed by atoms with Gasteiger partial charge >= 0.3 is 0 Å². The predicted molar refractivity (Wildman–Crippen MR) is 103 cm³/mol. The van der Waals surface area contributed by atoms with Crippen molar-refractivity contribution in [3.63, 3.8) is 0 Å². The molecular formula is C21H30N2O2. The van der Waals surface area contributed by atoms with Gasteiger partial charge in [0, 0.05) is 11.6 Å². The van der Waals surface area contributed by atoms with Gasteiger partial charge in [0.2, 0.25) is 0 Å². The van der Waals surface area contributed by atoms with Crippen LogP contribution in [0.25, 0.3) is 0 Å². The largest absolute Gasteiger partial charge is 0.497 e. The van der Waals surface area contributed by atoms with E-state index in [1.807, 2.05) is 36.4 Å². The van der Waals surface area contributed by atoms with Crippen molar-refractivity contribution in [3.8, 4) is 11.5 Å². The van der Waals surface area contributed by atoms with Gasteiger partial charge in [0.1, 0.15) is 11.5 Å². The molecule has 2 aromatic carbocycles. The van der Waals surface area contributed by atoms with E-state index in [4.69, 9.17) is 20.9 Å². The fourth-order valence-electron chi connectivity index (χ4n) is 3.07. The Morgan fingerprint density at radius 1 is 0.840 bits per heavy atom. The topological polar surface area (TPSA) is 70.5 Å². The van der Waals surface area contributed by atoms with Crippen LogP contribution in [0.3, 0.4) is 0 Å². The summed E-state index contributed by atoms with van der Waals surface area (Å²) in [7, 11) is 3.33. The second-order valence-corrected chi connectivity index (χ2v) is 6.95. The van der Waals surface area contributed by atoms with Gasteiger partial charge in [-0.3, -0.25) is 0 Å². The highest BCUT2D eigenvalue weighted by atomic mass is 16.5. The molecule has 2 atom stereocenters. The number of methoxy groups -OCH3 is 2. The van der Waals surface area contributed by atoms with Gasteiger partial charge in [-0.05, 0) is 54.2 Å². The lowest BCUT2D eigenvalue weighted by atomic mass is 9.74. The zero-order chi connectivity index (χ0) is 18.4. The lowest BCUT2D eigenvalue weighted by Crippen LogP contribution is -2.61. The number of rotatable bonds is 8. The molecule has 4 nitrogen and oxygen atoms in total. The van der Waals surface area contributed by atoms with Gasteiger partial charge in [0.15, 0.2) is 0 Å². The van der Waals surface area contributed by atoms with Crippen LogP contribution >= 0.6 is 0 Å². The van der Waals surface area contributed by atoms with Crippen LogP contribution in [0, 0.1) is 5.92 Å². The van der Waals surface area contributed by atoms with Crippen molar-refractivity contribution < 1.29 is 9.47 Å². The lowest BCUT2D eigenvalue weighted by Gasteiger charge is -2.39. The molecule has 0 amide bonds. The van der Waals surface area contributed by atoms with Crippen molar-refractivity contribution in [3.05, 3.63) is 59.7 Å². The van der Waals surface area contributed by atoms with Crippen LogP contribution in [-0.4, -0.2) is 25.8 Å².